The summed E-state index contributed by atoms with van der Waals surface area (Å²) in [5.74, 6) is 0.520. The molecule has 0 bridgehead atoms. The van der Waals surface area contributed by atoms with Crippen molar-refractivity contribution in [2.45, 2.75) is 72.1 Å². The number of rotatable bonds is 4. The van der Waals surface area contributed by atoms with Crippen molar-refractivity contribution < 1.29 is 4.79 Å². The molecule has 0 saturated carbocycles. The van der Waals surface area contributed by atoms with E-state index >= 15 is 0 Å². The smallest absolute Gasteiger partial charge is 0.220 e. The van der Waals surface area contributed by atoms with Crippen LogP contribution in [0.1, 0.15) is 48.0 Å². The van der Waals surface area contributed by atoms with E-state index < -0.39 is 8.24 Å². The summed E-state index contributed by atoms with van der Waals surface area (Å²) >= 11 is 0. The Morgan fingerprint density at radius 2 is 2.00 bits per heavy atom. The zero-order valence-corrected chi connectivity index (χ0v) is 16.4. The van der Waals surface area contributed by atoms with E-state index in [4.69, 9.17) is 0 Å². The third kappa shape index (κ3) is 3.92. The van der Waals surface area contributed by atoms with Gasteiger partial charge in [-0.15, -0.1) is 0 Å². The van der Waals surface area contributed by atoms with Gasteiger partial charge in [-0.2, -0.15) is 5.26 Å². The average molecular weight is 322 g/mol. The van der Waals surface area contributed by atoms with Crippen LogP contribution in [0.2, 0.25) is 18.1 Å². The summed E-state index contributed by atoms with van der Waals surface area (Å²) in [6, 6.07) is 2.34. The molecule has 22 heavy (non-hydrogen) atoms. The molecule has 0 aromatic heterocycles. The summed E-state index contributed by atoms with van der Waals surface area (Å²) in [6.07, 6.45) is 0.891. The number of carbonyl (C=O) groups is 1. The first kappa shape index (κ1) is 18.8. The molecular weight excluding hydrogens is 290 g/mol. The molecule has 1 unspecified atom stereocenters. The molecule has 1 amide bonds. The van der Waals surface area contributed by atoms with Gasteiger partial charge in [-0.1, -0.05) is 47.7 Å². The number of nitriles is 1. The second kappa shape index (κ2) is 6.45. The van der Waals surface area contributed by atoms with Crippen LogP contribution in [-0.2, 0) is 4.79 Å². The molecule has 0 fully saturated rings. The monoisotopic (exact) mass is 321 g/mol. The topological polar surface area (TPSA) is 56.1 Å². The van der Waals surface area contributed by atoms with Crippen molar-refractivity contribution in [3.63, 3.8) is 0 Å². The molecule has 1 rings (SSSR count). The minimum atomic E-state index is -1.78. The van der Waals surface area contributed by atoms with Crippen LogP contribution in [-0.4, -0.2) is 31.6 Å². The van der Waals surface area contributed by atoms with Crippen molar-refractivity contribution in [3.05, 3.63) is 11.3 Å². The number of hydrogen-bond donors (Lipinski definition) is 1. The van der Waals surface area contributed by atoms with Gasteiger partial charge < -0.3 is 9.88 Å². The van der Waals surface area contributed by atoms with Gasteiger partial charge in [-0.25, -0.2) is 0 Å². The predicted octanol–water partition coefficient (Wildman–Crippen LogP) is 3.64. The Morgan fingerprint density at radius 3 is 2.36 bits per heavy atom. The van der Waals surface area contributed by atoms with Gasteiger partial charge in [0, 0.05) is 12.6 Å². The van der Waals surface area contributed by atoms with Gasteiger partial charge in [-0.3, -0.25) is 4.79 Å². The first-order valence-electron chi connectivity index (χ1n) is 8.09. The second-order valence-electron chi connectivity index (χ2n) is 8.30. The molecule has 4 nitrogen and oxygen atoms in total. The molecule has 0 aromatic carbocycles. The van der Waals surface area contributed by atoms with E-state index in [2.05, 4.69) is 58.8 Å². The Morgan fingerprint density at radius 1 is 1.45 bits per heavy atom. The van der Waals surface area contributed by atoms with Crippen LogP contribution >= 0.6 is 0 Å². The van der Waals surface area contributed by atoms with Crippen molar-refractivity contribution in [2.24, 2.45) is 5.92 Å². The van der Waals surface area contributed by atoms with E-state index in [-0.39, 0.29) is 17.0 Å². The number of amides is 1. The minimum Gasteiger partial charge on any atom is -0.411 e. The van der Waals surface area contributed by atoms with Crippen LogP contribution in [0.4, 0.5) is 0 Å². The Balaban J connectivity index is 3.20. The number of hydrogen-bond acceptors (Lipinski definition) is 3. The first-order valence-corrected chi connectivity index (χ1v) is 11.1. The van der Waals surface area contributed by atoms with Gasteiger partial charge in [0.1, 0.15) is 0 Å². The maximum Gasteiger partial charge on any atom is 0.220 e. The van der Waals surface area contributed by atoms with E-state index in [9.17, 15) is 10.1 Å². The number of carbonyl (C=O) groups excluding carboxylic acids is 1. The van der Waals surface area contributed by atoms with Gasteiger partial charge in [0.25, 0.3) is 0 Å². The minimum absolute atomic E-state index is 0.0151. The lowest BCUT2D eigenvalue weighted by Gasteiger charge is -2.40. The molecular formula is C17H31N3OSi. The Kier molecular flexibility index (Phi) is 5.50. The summed E-state index contributed by atoms with van der Waals surface area (Å²) in [6.45, 7) is 17.7. The first-order chi connectivity index (χ1) is 9.90. The fraction of sp³-hybridized carbons (Fsp3) is 0.765. The zero-order chi connectivity index (χ0) is 17.3. The quantitative estimate of drug-likeness (QED) is 0.804. The molecule has 1 aliphatic rings. The third-order valence-corrected chi connectivity index (χ3v) is 9.56. The van der Waals surface area contributed by atoms with E-state index in [0.29, 0.717) is 12.5 Å². The Labute approximate surface area is 136 Å². The van der Waals surface area contributed by atoms with E-state index in [1.165, 1.54) is 0 Å². The molecule has 0 saturated heterocycles. The maximum atomic E-state index is 12.0. The van der Waals surface area contributed by atoms with Crippen molar-refractivity contribution in [1.82, 2.24) is 9.88 Å². The summed E-state index contributed by atoms with van der Waals surface area (Å²) < 4.78 is 0. The zero-order valence-electron chi connectivity index (χ0n) is 15.4. The average Bonchev–Trinajstić information content (AvgIpc) is 2.65. The molecule has 124 valence electrons. The molecule has 1 atom stereocenters. The normalized spacial score (nSPS) is 19.6. The summed E-state index contributed by atoms with van der Waals surface area (Å²) in [7, 11) is -1.78. The van der Waals surface area contributed by atoms with Crippen molar-refractivity contribution in [1.29, 1.82) is 5.26 Å². The molecule has 1 heterocycles. The second-order valence-corrected chi connectivity index (χ2v) is 13.3. The molecule has 1 aliphatic heterocycles. The van der Waals surface area contributed by atoms with E-state index in [1.54, 1.807) is 6.92 Å². The Bertz CT molecular complexity index is 509. The highest BCUT2D eigenvalue weighted by Gasteiger charge is 2.42. The Hall–Kier alpha value is -1.28. The largest absolute Gasteiger partial charge is 0.411 e. The van der Waals surface area contributed by atoms with E-state index in [1.807, 2.05) is 4.90 Å². The molecule has 5 heteroatoms. The van der Waals surface area contributed by atoms with Crippen molar-refractivity contribution >= 4 is 14.1 Å². The van der Waals surface area contributed by atoms with Crippen LogP contribution in [0.15, 0.2) is 11.3 Å². The number of nitrogens with one attached hydrogen (secondary N) is 1. The van der Waals surface area contributed by atoms with Gasteiger partial charge in [0.05, 0.1) is 24.2 Å². The standard InChI is InChI=1S/C17H31N3OSi/c1-12(2)9-15-16(19-22(7,8)17(4,5)6)14(10-18)11-20(15)13(3)21/h12,15,19H,9,11H2,1-8H3. The molecule has 0 aliphatic carbocycles. The van der Waals surface area contributed by atoms with Crippen LogP contribution in [0.3, 0.4) is 0 Å². The molecule has 0 radical (unpaired) electrons. The van der Waals surface area contributed by atoms with Crippen molar-refractivity contribution in [3.8, 4) is 6.07 Å². The third-order valence-electron chi connectivity index (χ3n) is 4.92. The highest BCUT2D eigenvalue weighted by Crippen LogP contribution is 2.37. The predicted molar refractivity (Wildman–Crippen MR) is 93.6 cm³/mol. The van der Waals surface area contributed by atoms with Gasteiger partial charge in [0.2, 0.25) is 5.91 Å². The highest BCUT2D eigenvalue weighted by atomic mass is 28.3. The van der Waals surface area contributed by atoms with Gasteiger partial charge in [0.15, 0.2) is 8.24 Å². The highest BCUT2D eigenvalue weighted by molar-refractivity contribution is 6.78. The molecule has 1 N–H and O–H groups in total. The summed E-state index contributed by atoms with van der Waals surface area (Å²) in [4.78, 5) is 17.6. The fourth-order valence-corrected chi connectivity index (χ4v) is 3.89. The number of nitrogens with zero attached hydrogens (tertiary/aromatic N) is 2. The summed E-state index contributed by atoms with van der Waals surface area (Å²) in [5, 5.41) is 9.69. The van der Waals surface area contributed by atoms with Gasteiger partial charge >= 0.3 is 0 Å². The lowest BCUT2D eigenvalue weighted by Crippen LogP contribution is -2.54. The SMILES string of the molecule is CC(=O)N1CC(C#N)=C(N[Si](C)(C)C(C)(C)C)C1CC(C)C. The lowest BCUT2D eigenvalue weighted by molar-refractivity contribution is -0.129. The van der Waals surface area contributed by atoms with Crippen LogP contribution < -0.4 is 4.98 Å². The van der Waals surface area contributed by atoms with Crippen LogP contribution in [0.5, 0.6) is 0 Å². The molecule has 0 spiro atoms. The van der Waals surface area contributed by atoms with Gasteiger partial charge in [-0.05, 0) is 17.4 Å². The summed E-state index contributed by atoms with van der Waals surface area (Å²) in [5.41, 5.74) is 1.73. The maximum absolute atomic E-state index is 12.0. The van der Waals surface area contributed by atoms with E-state index in [0.717, 1.165) is 17.7 Å². The van der Waals surface area contributed by atoms with Crippen molar-refractivity contribution in [2.75, 3.05) is 6.54 Å². The fourth-order valence-electron chi connectivity index (χ4n) is 2.52. The van der Waals surface area contributed by atoms with Crippen LogP contribution in [0, 0.1) is 17.2 Å². The lowest BCUT2D eigenvalue weighted by atomic mass is 10.0. The van der Waals surface area contributed by atoms with Crippen LogP contribution in [0.25, 0.3) is 0 Å². The molecule has 0 aromatic rings.